The standard InChI is InChI=1S/C12H23NO4Si/c1-18(2,3)9-8-17-11(16)13-12(6-7-12)5-4-10(14)15/h4-9H2,1-3H3,(H,13,16)(H,14,15). The summed E-state index contributed by atoms with van der Waals surface area (Å²) in [5.74, 6) is -0.824. The van der Waals surface area contributed by atoms with Gasteiger partial charge in [0.15, 0.2) is 0 Å². The van der Waals surface area contributed by atoms with Crippen LogP contribution in [0.4, 0.5) is 4.79 Å². The summed E-state index contributed by atoms with van der Waals surface area (Å²) in [5.41, 5.74) is -0.311. The lowest BCUT2D eigenvalue weighted by Crippen LogP contribution is -2.38. The maximum atomic E-state index is 11.6. The Morgan fingerprint density at radius 1 is 1.33 bits per heavy atom. The van der Waals surface area contributed by atoms with E-state index >= 15 is 0 Å². The Hall–Kier alpha value is -1.04. The van der Waals surface area contributed by atoms with Crippen molar-refractivity contribution in [1.29, 1.82) is 0 Å². The van der Waals surface area contributed by atoms with Crippen LogP contribution in [0, 0.1) is 0 Å². The molecular formula is C12H23NO4Si. The van der Waals surface area contributed by atoms with E-state index in [1.54, 1.807) is 0 Å². The Balaban J connectivity index is 2.21. The van der Waals surface area contributed by atoms with Crippen LogP contribution in [-0.2, 0) is 9.53 Å². The third kappa shape index (κ3) is 6.04. The lowest BCUT2D eigenvalue weighted by atomic mass is 10.1. The molecule has 18 heavy (non-hydrogen) atoms. The van der Waals surface area contributed by atoms with Crippen LogP contribution in [0.15, 0.2) is 0 Å². The number of rotatable bonds is 7. The number of hydrogen-bond donors (Lipinski definition) is 2. The Morgan fingerprint density at radius 3 is 2.39 bits per heavy atom. The van der Waals surface area contributed by atoms with Gasteiger partial charge >= 0.3 is 12.1 Å². The topological polar surface area (TPSA) is 75.6 Å². The fourth-order valence-corrected chi connectivity index (χ4v) is 2.35. The van der Waals surface area contributed by atoms with E-state index in [0.717, 1.165) is 18.9 Å². The first-order valence-corrected chi connectivity index (χ1v) is 10.1. The molecule has 0 aliphatic heterocycles. The number of alkyl carbamates (subject to hydrolysis) is 1. The van der Waals surface area contributed by atoms with Gasteiger partial charge in [0.05, 0.1) is 6.61 Å². The van der Waals surface area contributed by atoms with Gasteiger partial charge in [-0.05, 0) is 25.3 Å². The summed E-state index contributed by atoms with van der Waals surface area (Å²) >= 11 is 0. The molecule has 0 atom stereocenters. The maximum Gasteiger partial charge on any atom is 0.407 e. The number of amides is 1. The number of carboxylic acid groups (broad SMARTS) is 1. The van der Waals surface area contributed by atoms with Crippen molar-refractivity contribution in [2.24, 2.45) is 0 Å². The van der Waals surface area contributed by atoms with E-state index in [-0.39, 0.29) is 12.0 Å². The Morgan fingerprint density at radius 2 is 1.94 bits per heavy atom. The van der Waals surface area contributed by atoms with Crippen LogP contribution in [0.2, 0.25) is 25.7 Å². The van der Waals surface area contributed by atoms with Crippen LogP contribution >= 0.6 is 0 Å². The Kier molecular flexibility index (Phi) is 4.78. The van der Waals surface area contributed by atoms with E-state index in [1.165, 1.54) is 0 Å². The number of carboxylic acids is 1. The molecule has 5 nitrogen and oxygen atoms in total. The normalized spacial score (nSPS) is 17.1. The molecule has 0 unspecified atom stereocenters. The summed E-state index contributed by atoms with van der Waals surface area (Å²) in [5, 5.41) is 11.4. The molecule has 0 heterocycles. The maximum absolute atomic E-state index is 11.6. The average Bonchev–Trinajstić information content (AvgIpc) is 2.93. The molecule has 1 fully saturated rings. The first-order valence-electron chi connectivity index (χ1n) is 6.39. The molecule has 0 spiro atoms. The van der Waals surface area contributed by atoms with Gasteiger partial charge in [0, 0.05) is 20.0 Å². The minimum atomic E-state index is -1.18. The number of carbonyl (C=O) groups excluding carboxylic acids is 1. The summed E-state index contributed by atoms with van der Waals surface area (Å²) in [6.07, 6.45) is 1.88. The summed E-state index contributed by atoms with van der Waals surface area (Å²) in [6.45, 7) is 7.13. The van der Waals surface area contributed by atoms with Crippen LogP contribution in [0.25, 0.3) is 0 Å². The SMILES string of the molecule is C[Si](C)(C)CCOC(=O)NC1(CCC(=O)O)CC1. The Bertz CT molecular complexity index is 321. The van der Waals surface area contributed by atoms with Crippen LogP contribution in [0.1, 0.15) is 25.7 Å². The molecule has 1 aliphatic carbocycles. The van der Waals surface area contributed by atoms with Gasteiger partial charge in [-0.2, -0.15) is 0 Å². The van der Waals surface area contributed by atoms with Gasteiger partial charge in [-0.1, -0.05) is 19.6 Å². The highest BCUT2D eigenvalue weighted by Crippen LogP contribution is 2.39. The van der Waals surface area contributed by atoms with E-state index < -0.39 is 20.1 Å². The predicted octanol–water partition coefficient (Wildman–Crippen LogP) is 2.45. The lowest BCUT2D eigenvalue weighted by molar-refractivity contribution is -0.137. The van der Waals surface area contributed by atoms with Gasteiger partial charge < -0.3 is 15.2 Å². The summed E-state index contributed by atoms with van der Waals surface area (Å²) in [7, 11) is -1.18. The van der Waals surface area contributed by atoms with E-state index in [0.29, 0.717) is 13.0 Å². The molecule has 0 radical (unpaired) electrons. The second-order valence-corrected chi connectivity index (χ2v) is 11.9. The summed E-state index contributed by atoms with van der Waals surface area (Å²) in [6, 6.07) is 0.947. The van der Waals surface area contributed by atoms with Gasteiger partial charge in [0.1, 0.15) is 0 Å². The minimum Gasteiger partial charge on any atom is -0.481 e. The average molecular weight is 273 g/mol. The molecule has 6 heteroatoms. The highest BCUT2D eigenvalue weighted by atomic mass is 28.3. The second-order valence-electron chi connectivity index (χ2n) is 6.25. The minimum absolute atomic E-state index is 0.0924. The first-order chi connectivity index (χ1) is 8.22. The second kappa shape index (κ2) is 5.73. The van der Waals surface area contributed by atoms with Crippen molar-refractivity contribution in [3.8, 4) is 0 Å². The molecule has 0 saturated heterocycles. The highest BCUT2D eigenvalue weighted by Gasteiger charge is 2.44. The van der Waals surface area contributed by atoms with Crippen molar-refractivity contribution in [2.45, 2.75) is 56.9 Å². The molecule has 104 valence electrons. The van der Waals surface area contributed by atoms with Crippen molar-refractivity contribution in [1.82, 2.24) is 5.32 Å². The zero-order valence-electron chi connectivity index (χ0n) is 11.4. The summed E-state index contributed by atoms with van der Waals surface area (Å²) < 4.78 is 5.14. The molecule has 1 amide bonds. The van der Waals surface area contributed by atoms with Crippen LogP contribution < -0.4 is 5.32 Å². The predicted molar refractivity (Wildman–Crippen MR) is 71.5 cm³/mol. The lowest BCUT2D eigenvalue weighted by Gasteiger charge is -2.18. The van der Waals surface area contributed by atoms with Gasteiger partial charge in [0.25, 0.3) is 0 Å². The van der Waals surface area contributed by atoms with Gasteiger partial charge in [-0.15, -0.1) is 0 Å². The largest absolute Gasteiger partial charge is 0.481 e. The third-order valence-corrected chi connectivity index (χ3v) is 4.83. The van der Waals surface area contributed by atoms with Crippen LogP contribution in [-0.4, -0.2) is 37.4 Å². The smallest absolute Gasteiger partial charge is 0.407 e. The van der Waals surface area contributed by atoms with E-state index in [2.05, 4.69) is 25.0 Å². The van der Waals surface area contributed by atoms with Crippen LogP contribution in [0.5, 0.6) is 0 Å². The monoisotopic (exact) mass is 273 g/mol. The molecule has 0 aromatic carbocycles. The number of hydrogen-bond acceptors (Lipinski definition) is 3. The van der Waals surface area contributed by atoms with E-state index in [1.807, 2.05) is 0 Å². The van der Waals surface area contributed by atoms with Crippen molar-refractivity contribution in [3.63, 3.8) is 0 Å². The zero-order chi connectivity index (χ0) is 13.8. The number of ether oxygens (including phenoxy) is 1. The molecular weight excluding hydrogens is 250 g/mol. The molecule has 1 aliphatic rings. The van der Waals surface area contributed by atoms with Crippen molar-refractivity contribution in [3.05, 3.63) is 0 Å². The fourth-order valence-electron chi connectivity index (χ4n) is 1.64. The third-order valence-electron chi connectivity index (χ3n) is 3.12. The van der Waals surface area contributed by atoms with Crippen molar-refractivity contribution in [2.75, 3.05) is 6.61 Å². The van der Waals surface area contributed by atoms with Gasteiger partial charge in [-0.3, -0.25) is 4.79 Å². The molecule has 0 bridgehead atoms. The van der Waals surface area contributed by atoms with Crippen molar-refractivity contribution < 1.29 is 19.4 Å². The number of nitrogens with one attached hydrogen (secondary N) is 1. The molecule has 0 aromatic rings. The quantitative estimate of drug-likeness (QED) is 0.699. The zero-order valence-corrected chi connectivity index (χ0v) is 12.4. The molecule has 1 rings (SSSR count). The van der Waals surface area contributed by atoms with E-state index in [4.69, 9.17) is 9.84 Å². The summed E-state index contributed by atoms with van der Waals surface area (Å²) in [4.78, 5) is 22.1. The fraction of sp³-hybridized carbons (Fsp3) is 0.833. The number of aliphatic carboxylic acids is 1. The number of carbonyl (C=O) groups is 2. The van der Waals surface area contributed by atoms with Gasteiger partial charge in [0.2, 0.25) is 0 Å². The Labute approximate surface area is 109 Å². The molecule has 2 N–H and O–H groups in total. The van der Waals surface area contributed by atoms with Crippen molar-refractivity contribution >= 4 is 20.1 Å². The molecule has 0 aromatic heterocycles. The molecule has 1 saturated carbocycles. The van der Waals surface area contributed by atoms with E-state index in [9.17, 15) is 9.59 Å². The van der Waals surface area contributed by atoms with Gasteiger partial charge in [-0.25, -0.2) is 4.79 Å². The first kappa shape index (κ1) is 15.0. The van der Waals surface area contributed by atoms with Crippen LogP contribution in [0.3, 0.4) is 0 Å². The highest BCUT2D eigenvalue weighted by molar-refractivity contribution is 6.76.